The van der Waals surface area contributed by atoms with Crippen molar-refractivity contribution in [2.24, 2.45) is 0 Å². The van der Waals surface area contributed by atoms with E-state index in [1.54, 1.807) is 12.1 Å². The van der Waals surface area contributed by atoms with E-state index in [2.05, 4.69) is 0 Å². The van der Waals surface area contributed by atoms with E-state index in [9.17, 15) is 9.59 Å². The summed E-state index contributed by atoms with van der Waals surface area (Å²) in [5, 5.41) is 0. The summed E-state index contributed by atoms with van der Waals surface area (Å²) in [6.45, 7) is 4.92. The Bertz CT molecular complexity index is 819. The molecule has 1 aliphatic heterocycles. The van der Waals surface area contributed by atoms with Crippen LogP contribution in [0.3, 0.4) is 0 Å². The fraction of sp³-hybridized carbons (Fsp3) is 0.333. The fourth-order valence-corrected chi connectivity index (χ4v) is 3.06. The fourth-order valence-electron chi connectivity index (χ4n) is 3.06. The summed E-state index contributed by atoms with van der Waals surface area (Å²) in [7, 11) is 1.35. The third kappa shape index (κ3) is 5.04. The Hall–Kier alpha value is -2.47. The van der Waals surface area contributed by atoms with Gasteiger partial charge in [0.25, 0.3) is 0 Å². The van der Waals surface area contributed by atoms with Gasteiger partial charge in [-0.3, -0.25) is 4.79 Å². The van der Waals surface area contributed by atoms with Crippen LogP contribution in [0.25, 0.3) is 0 Å². The second kappa shape index (κ2) is 8.95. The molecule has 3 rings (SSSR count). The highest BCUT2D eigenvalue weighted by Crippen LogP contribution is 2.27. The molecule has 0 saturated heterocycles. The van der Waals surface area contributed by atoms with Crippen molar-refractivity contribution < 1.29 is 19.1 Å². The van der Waals surface area contributed by atoms with Gasteiger partial charge in [0.2, 0.25) is 5.91 Å². The summed E-state index contributed by atoms with van der Waals surface area (Å²) < 4.78 is 10.7. The highest BCUT2D eigenvalue weighted by atomic mass is 32.1. The zero-order valence-electron chi connectivity index (χ0n) is 15.8. The molecule has 6 heteroatoms. The molecule has 5 nitrogen and oxygen atoms in total. The number of aryl methyl sites for hydroxylation is 1. The summed E-state index contributed by atoms with van der Waals surface area (Å²) >= 11 is 0. The SMILES string of the molecule is COC(=O)c1ccc2c(c1)O[C@@H](C)CN(C(=O)Cc1ccc(C)cc1)C2.S. The highest BCUT2D eigenvalue weighted by Gasteiger charge is 2.24. The van der Waals surface area contributed by atoms with E-state index >= 15 is 0 Å². The van der Waals surface area contributed by atoms with Crippen LogP contribution in [0.5, 0.6) is 5.75 Å². The second-order valence-corrected chi connectivity index (χ2v) is 6.68. The van der Waals surface area contributed by atoms with Gasteiger partial charge in [0, 0.05) is 12.1 Å². The van der Waals surface area contributed by atoms with E-state index < -0.39 is 5.97 Å². The Morgan fingerprint density at radius 2 is 1.89 bits per heavy atom. The molecule has 0 radical (unpaired) electrons. The van der Waals surface area contributed by atoms with Gasteiger partial charge in [0.1, 0.15) is 11.9 Å². The average Bonchev–Trinajstić information content (AvgIpc) is 2.80. The van der Waals surface area contributed by atoms with E-state index in [1.165, 1.54) is 12.7 Å². The zero-order valence-corrected chi connectivity index (χ0v) is 16.8. The molecular formula is C21H25NO4S. The molecule has 1 amide bonds. The minimum absolute atomic E-state index is 0. The van der Waals surface area contributed by atoms with Crippen molar-refractivity contribution in [2.45, 2.75) is 32.9 Å². The number of carbonyl (C=O) groups excluding carboxylic acids is 2. The number of esters is 1. The maximum absolute atomic E-state index is 12.8. The molecule has 0 aromatic heterocycles. The molecule has 0 aliphatic carbocycles. The topological polar surface area (TPSA) is 55.8 Å². The molecule has 0 spiro atoms. The highest BCUT2D eigenvalue weighted by molar-refractivity contribution is 7.59. The summed E-state index contributed by atoms with van der Waals surface area (Å²) in [4.78, 5) is 26.3. The van der Waals surface area contributed by atoms with Gasteiger partial charge in [-0.05, 0) is 31.5 Å². The number of nitrogens with zero attached hydrogens (tertiary/aromatic N) is 1. The number of ether oxygens (including phenoxy) is 2. The number of carbonyl (C=O) groups is 2. The van der Waals surface area contributed by atoms with Crippen LogP contribution in [0.4, 0.5) is 0 Å². The van der Waals surface area contributed by atoms with Crippen molar-refractivity contribution >= 4 is 25.4 Å². The lowest BCUT2D eigenvalue weighted by Crippen LogP contribution is -2.36. The first-order chi connectivity index (χ1) is 12.5. The van der Waals surface area contributed by atoms with Crippen molar-refractivity contribution in [2.75, 3.05) is 13.7 Å². The maximum Gasteiger partial charge on any atom is 0.337 e. The average molecular weight is 388 g/mol. The standard InChI is InChI=1S/C21H23NO4.H2S/c1-14-4-6-16(7-5-14)10-20(23)22-12-15(2)26-19-11-17(21(24)25-3)8-9-18(19)13-22;/h4-9,11,15H,10,12-13H2,1-3H3;1H2/t15-;/m0./s1. The van der Waals surface area contributed by atoms with Crippen LogP contribution >= 0.6 is 13.5 Å². The Labute approximate surface area is 166 Å². The number of hydrogen-bond donors (Lipinski definition) is 0. The lowest BCUT2D eigenvalue weighted by atomic mass is 10.1. The number of benzene rings is 2. The van der Waals surface area contributed by atoms with Gasteiger partial charge in [-0.15, -0.1) is 0 Å². The van der Waals surface area contributed by atoms with Crippen molar-refractivity contribution in [3.05, 3.63) is 64.7 Å². The van der Waals surface area contributed by atoms with Crippen molar-refractivity contribution in [3.63, 3.8) is 0 Å². The first kappa shape index (κ1) is 20.8. The second-order valence-electron chi connectivity index (χ2n) is 6.68. The molecule has 0 fully saturated rings. The van der Waals surface area contributed by atoms with Gasteiger partial charge >= 0.3 is 5.97 Å². The Morgan fingerprint density at radius 1 is 1.19 bits per heavy atom. The van der Waals surface area contributed by atoms with Gasteiger partial charge in [0.05, 0.1) is 25.6 Å². The minimum atomic E-state index is -0.402. The van der Waals surface area contributed by atoms with Crippen molar-refractivity contribution in [1.82, 2.24) is 4.90 Å². The summed E-state index contributed by atoms with van der Waals surface area (Å²) in [5.41, 5.74) is 3.50. The molecule has 2 aromatic rings. The lowest BCUT2D eigenvalue weighted by Gasteiger charge is -2.22. The van der Waals surface area contributed by atoms with E-state index in [1.807, 2.05) is 49.1 Å². The van der Waals surface area contributed by atoms with Crippen molar-refractivity contribution in [3.8, 4) is 5.75 Å². The van der Waals surface area contributed by atoms with Gasteiger partial charge < -0.3 is 14.4 Å². The molecule has 0 bridgehead atoms. The van der Waals surface area contributed by atoms with Gasteiger partial charge in [-0.25, -0.2) is 4.79 Å². The molecule has 2 aromatic carbocycles. The van der Waals surface area contributed by atoms with E-state index in [-0.39, 0.29) is 25.5 Å². The van der Waals surface area contributed by atoms with Crippen LogP contribution in [0.15, 0.2) is 42.5 Å². The van der Waals surface area contributed by atoms with Crippen LogP contribution in [-0.2, 0) is 22.5 Å². The molecule has 0 N–H and O–H groups in total. The molecule has 1 aliphatic rings. The number of rotatable bonds is 3. The Balaban J connectivity index is 0.00000261. The molecule has 1 atom stereocenters. The first-order valence-electron chi connectivity index (χ1n) is 8.67. The quantitative estimate of drug-likeness (QED) is 0.759. The zero-order chi connectivity index (χ0) is 18.7. The Morgan fingerprint density at radius 3 is 2.56 bits per heavy atom. The number of hydrogen-bond acceptors (Lipinski definition) is 4. The van der Waals surface area contributed by atoms with Crippen LogP contribution in [0.1, 0.15) is 34.0 Å². The predicted molar refractivity (Wildman–Crippen MR) is 109 cm³/mol. The number of methoxy groups -OCH3 is 1. The third-order valence-electron chi connectivity index (χ3n) is 4.48. The molecule has 144 valence electrons. The number of fused-ring (bicyclic) bond motifs is 1. The van der Waals surface area contributed by atoms with Crippen LogP contribution in [0.2, 0.25) is 0 Å². The normalized spacial score (nSPS) is 15.7. The van der Waals surface area contributed by atoms with E-state index in [4.69, 9.17) is 9.47 Å². The van der Waals surface area contributed by atoms with Crippen LogP contribution in [-0.4, -0.2) is 36.5 Å². The van der Waals surface area contributed by atoms with Crippen LogP contribution in [0, 0.1) is 6.92 Å². The minimum Gasteiger partial charge on any atom is -0.488 e. The van der Waals surface area contributed by atoms with E-state index in [0.717, 1.165) is 11.1 Å². The molecule has 1 heterocycles. The summed E-state index contributed by atoms with van der Waals surface area (Å²) in [6.07, 6.45) is 0.203. The van der Waals surface area contributed by atoms with Gasteiger partial charge in [0.15, 0.2) is 0 Å². The van der Waals surface area contributed by atoms with Crippen molar-refractivity contribution in [1.29, 1.82) is 0 Å². The van der Waals surface area contributed by atoms with Gasteiger partial charge in [-0.2, -0.15) is 13.5 Å². The predicted octanol–water partition coefficient (Wildman–Crippen LogP) is 3.25. The molecule has 0 saturated carbocycles. The summed E-state index contributed by atoms with van der Waals surface area (Å²) in [5.74, 6) is 0.292. The summed E-state index contributed by atoms with van der Waals surface area (Å²) in [6, 6.07) is 13.2. The lowest BCUT2D eigenvalue weighted by molar-refractivity contribution is -0.131. The largest absolute Gasteiger partial charge is 0.488 e. The monoisotopic (exact) mass is 387 g/mol. The smallest absolute Gasteiger partial charge is 0.337 e. The molecule has 0 unspecified atom stereocenters. The first-order valence-corrected chi connectivity index (χ1v) is 8.67. The Kier molecular flexibility index (Phi) is 6.91. The van der Waals surface area contributed by atoms with Gasteiger partial charge in [-0.1, -0.05) is 35.9 Å². The molecular weight excluding hydrogens is 362 g/mol. The number of amides is 1. The third-order valence-corrected chi connectivity index (χ3v) is 4.48. The maximum atomic E-state index is 12.8. The van der Waals surface area contributed by atoms with E-state index in [0.29, 0.717) is 30.8 Å². The molecule has 27 heavy (non-hydrogen) atoms. The van der Waals surface area contributed by atoms with Crippen LogP contribution < -0.4 is 4.74 Å².